The zero-order valence-electron chi connectivity index (χ0n) is 16.6. The minimum absolute atomic E-state index is 0.356. The van der Waals surface area contributed by atoms with Gasteiger partial charge in [-0.25, -0.2) is 5.43 Å². The van der Waals surface area contributed by atoms with E-state index >= 15 is 0 Å². The van der Waals surface area contributed by atoms with Crippen LogP contribution < -0.4 is 25.0 Å². The van der Waals surface area contributed by atoms with E-state index < -0.39 is 11.8 Å². The molecule has 2 rings (SSSR count). The third kappa shape index (κ3) is 7.07. The molecular weight excluding hydrogens is 501 g/mol. The summed E-state index contributed by atoms with van der Waals surface area (Å²) in [4.78, 5) is 23.9. The Balaban J connectivity index is 1.90. The van der Waals surface area contributed by atoms with Gasteiger partial charge in [0.15, 0.2) is 11.5 Å². The van der Waals surface area contributed by atoms with Gasteiger partial charge >= 0.3 is 0 Å². The minimum Gasteiger partial charge on any atom is -0.497 e. The van der Waals surface area contributed by atoms with Crippen LogP contribution in [0.15, 0.2) is 54.2 Å². The number of carbonyl (C=O) groups is 2. The van der Waals surface area contributed by atoms with Crippen LogP contribution in [0.4, 0.5) is 5.69 Å². The van der Waals surface area contributed by atoms with E-state index in [1.807, 2.05) is 6.07 Å². The van der Waals surface area contributed by atoms with Crippen molar-refractivity contribution in [1.82, 2.24) is 5.43 Å². The van der Waals surface area contributed by atoms with Gasteiger partial charge < -0.3 is 19.5 Å². The Labute approximate surface area is 188 Å². The van der Waals surface area contributed by atoms with Crippen molar-refractivity contribution in [3.63, 3.8) is 0 Å². The fourth-order valence-corrected chi connectivity index (χ4v) is 3.12. The highest BCUT2D eigenvalue weighted by Gasteiger charge is 2.11. The van der Waals surface area contributed by atoms with Gasteiger partial charge in [-0.1, -0.05) is 12.7 Å². The van der Waals surface area contributed by atoms with Gasteiger partial charge in [0, 0.05) is 5.69 Å². The Morgan fingerprint density at radius 1 is 1.13 bits per heavy atom. The molecule has 0 unspecified atom stereocenters. The lowest BCUT2D eigenvalue weighted by atomic mass is 10.2. The van der Waals surface area contributed by atoms with Crippen molar-refractivity contribution in [2.24, 2.45) is 5.10 Å². The first kappa shape index (κ1) is 23.2. The first-order valence-electron chi connectivity index (χ1n) is 8.83. The fraction of sp³-hybridized carbons (Fsp3) is 0.190. The number of carbonyl (C=O) groups excluding carboxylic acids is 2. The Kier molecular flexibility index (Phi) is 9.13. The zero-order chi connectivity index (χ0) is 21.9. The van der Waals surface area contributed by atoms with Crippen molar-refractivity contribution in [1.29, 1.82) is 0 Å². The maximum Gasteiger partial charge on any atom is 0.249 e. The monoisotopic (exact) mass is 523 g/mol. The van der Waals surface area contributed by atoms with Crippen molar-refractivity contribution in [3.05, 3.63) is 58.2 Å². The molecule has 2 aromatic carbocycles. The van der Waals surface area contributed by atoms with E-state index in [4.69, 9.17) is 14.2 Å². The van der Waals surface area contributed by atoms with Crippen LogP contribution in [-0.2, 0) is 9.59 Å². The third-order valence-corrected chi connectivity index (χ3v) is 4.50. The van der Waals surface area contributed by atoms with Crippen LogP contribution in [0, 0.1) is 3.57 Å². The third-order valence-electron chi connectivity index (χ3n) is 3.70. The number of anilines is 1. The number of benzene rings is 2. The molecule has 158 valence electrons. The molecule has 0 aliphatic rings. The summed E-state index contributed by atoms with van der Waals surface area (Å²) in [6.07, 6.45) is 2.74. The summed E-state index contributed by atoms with van der Waals surface area (Å²) in [6, 6.07) is 10.3. The van der Waals surface area contributed by atoms with Gasteiger partial charge in [-0.3, -0.25) is 9.59 Å². The molecule has 2 amide bonds. The van der Waals surface area contributed by atoms with Gasteiger partial charge in [-0.15, -0.1) is 0 Å². The van der Waals surface area contributed by atoms with Gasteiger partial charge in [0.1, 0.15) is 18.8 Å². The quantitative estimate of drug-likeness (QED) is 0.164. The summed E-state index contributed by atoms with van der Waals surface area (Å²) in [5, 5.41) is 6.53. The number of nitrogens with zero attached hydrogens (tertiary/aromatic N) is 1. The van der Waals surface area contributed by atoms with Gasteiger partial charge in [0.25, 0.3) is 0 Å². The van der Waals surface area contributed by atoms with Crippen LogP contribution in [0.2, 0.25) is 0 Å². The van der Waals surface area contributed by atoms with Gasteiger partial charge in [0.05, 0.1) is 24.0 Å². The van der Waals surface area contributed by atoms with Crippen molar-refractivity contribution >= 4 is 46.3 Å². The molecule has 0 saturated heterocycles. The summed E-state index contributed by atoms with van der Waals surface area (Å²) < 4.78 is 16.8. The number of hydrogen-bond acceptors (Lipinski definition) is 6. The van der Waals surface area contributed by atoms with Crippen molar-refractivity contribution in [2.75, 3.05) is 26.1 Å². The predicted octanol–water partition coefficient (Wildman–Crippen LogP) is 3.35. The summed E-state index contributed by atoms with van der Waals surface area (Å²) in [6.45, 7) is 3.98. The van der Waals surface area contributed by atoms with Crippen LogP contribution >= 0.6 is 22.6 Å². The number of methoxy groups -OCH3 is 2. The molecule has 0 fully saturated rings. The molecule has 2 aromatic rings. The zero-order valence-corrected chi connectivity index (χ0v) is 18.8. The highest BCUT2D eigenvalue weighted by Crippen LogP contribution is 2.33. The normalized spacial score (nSPS) is 10.4. The molecular formula is C21H22IN3O5. The van der Waals surface area contributed by atoms with E-state index in [0.717, 1.165) is 3.57 Å². The van der Waals surface area contributed by atoms with Gasteiger partial charge in [0.2, 0.25) is 11.8 Å². The van der Waals surface area contributed by atoms with E-state index in [2.05, 4.69) is 45.0 Å². The van der Waals surface area contributed by atoms with E-state index in [9.17, 15) is 9.59 Å². The molecule has 8 nitrogen and oxygen atoms in total. The molecule has 0 heterocycles. The largest absolute Gasteiger partial charge is 0.497 e. The number of rotatable bonds is 10. The molecule has 0 saturated carbocycles. The molecule has 0 bridgehead atoms. The second-order valence-electron chi connectivity index (χ2n) is 5.88. The molecule has 0 aromatic heterocycles. The number of halogens is 1. The smallest absolute Gasteiger partial charge is 0.249 e. The maximum absolute atomic E-state index is 12.0. The van der Waals surface area contributed by atoms with E-state index in [0.29, 0.717) is 35.1 Å². The van der Waals surface area contributed by atoms with Crippen molar-refractivity contribution < 1.29 is 23.8 Å². The lowest BCUT2D eigenvalue weighted by Crippen LogP contribution is -2.24. The minimum atomic E-state index is -0.537. The number of ether oxygens (including phenoxy) is 3. The maximum atomic E-state index is 12.0. The standard InChI is InChI=1S/C21H22IN3O5/c1-4-9-30-21-17(22)10-14(11-18(21)29-3)13-23-25-20(27)12-19(26)24-15-5-7-16(28-2)8-6-15/h4-8,10-11,13H,1,9,12H2,2-3H3,(H,24,26)(H,25,27). The molecule has 9 heteroatoms. The second kappa shape index (κ2) is 11.8. The molecule has 0 aliphatic carbocycles. The first-order chi connectivity index (χ1) is 14.5. The van der Waals surface area contributed by atoms with Crippen molar-refractivity contribution in [2.45, 2.75) is 6.42 Å². The highest BCUT2D eigenvalue weighted by molar-refractivity contribution is 14.1. The summed E-state index contributed by atoms with van der Waals surface area (Å²) in [5.41, 5.74) is 3.60. The molecule has 2 N–H and O–H groups in total. The van der Waals surface area contributed by atoms with Crippen molar-refractivity contribution in [3.8, 4) is 17.2 Å². The Morgan fingerprint density at radius 2 is 1.87 bits per heavy atom. The summed E-state index contributed by atoms with van der Waals surface area (Å²) in [5.74, 6) is 0.828. The van der Waals surface area contributed by atoms with Crippen LogP contribution in [0.1, 0.15) is 12.0 Å². The lowest BCUT2D eigenvalue weighted by molar-refractivity contribution is -0.126. The molecule has 0 atom stereocenters. The average Bonchev–Trinajstić information content (AvgIpc) is 2.73. The number of hydrazone groups is 1. The van der Waals surface area contributed by atoms with Gasteiger partial charge in [-0.2, -0.15) is 5.10 Å². The Morgan fingerprint density at radius 3 is 2.50 bits per heavy atom. The summed E-state index contributed by atoms with van der Waals surface area (Å²) >= 11 is 2.12. The number of amides is 2. The lowest BCUT2D eigenvalue weighted by Gasteiger charge is -2.12. The number of hydrogen-bond donors (Lipinski definition) is 2. The SMILES string of the molecule is C=CCOc1c(I)cc(C=NNC(=O)CC(=O)Nc2ccc(OC)cc2)cc1OC. The predicted molar refractivity (Wildman–Crippen MR) is 123 cm³/mol. The molecule has 0 aliphatic heterocycles. The molecule has 30 heavy (non-hydrogen) atoms. The van der Waals surface area contributed by atoms with Crippen LogP contribution in [0.25, 0.3) is 0 Å². The first-order valence-corrected chi connectivity index (χ1v) is 9.91. The van der Waals surface area contributed by atoms with Crippen LogP contribution in [-0.4, -0.2) is 38.9 Å². The second-order valence-corrected chi connectivity index (χ2v) is 7.04. The number of nitrogens with one attached hydrogen (secondary N) is 2. The van der Waals surface area contributed by atoms with Crippen LogP contribution in [0.3, 0.4) is 0 Å². The highest BCUT2D eigenvalue weighted by atomic mass is 127. The molecule has 0 radical (unpaired) electrons. The van der Waals surface area contributed by atoms with E-state index in [-0.39, 0.29) is 6.42 Å². The average molecular weight is 523 g/mol. The Bertz CT molecular complexity index is 929. The van der Waals surface area contributed by atoms with E-state index in [1.54, 1.807) is 43.5 Å². The van der Waals surface area contributed by atoms with Gasteiger partial charge in [-0.05, 0) is 64.6 Å². The van der Waals surface area contributed by atoms with Crippen LogP contribution in [0.5, 0.6) is 17.2 Å². The fourth-order valence-electron chi connectivity index (χ4n) is 2.34. The summed E-state index contributed by atoms with van der Waals surface area (Å²) in [7, 11) is 3.09. The molecule has 0 spiro atoms. The Hall–Kier alpha value is -3.08. The van der Waals surface area contributed by atoms with E-state index in [1.165, 1.54) is 13.3 Å². The topological polar surface area (TPSA) is 98.2 Å².